The summed E-state index contributed by atoms with van der Waals surface area (Å²) in [5, 5.41) is 4.53. The molecule has 21 heavy (non-hydrogen) atoms. The van der Waals surface area contributed by atoms with Crippen LogP contribution < -0.4 is 11.1 Å². The normalized spacial score (nSPS) is 16.3. The molecule has 3 N–H and O–H groups in total. The van der Waals surface area contributed by atoms with E-state index >= 15 is 0 Å². The van der Waals surface area contributed by atoms with Crippen LogP contribution in [-0.2, 0) is 6.42 Å². The van der Waals surface area contributed by atoms with E-state index in [0.717, 1.165) is 35.4 Å². The van der Waals surface area contributed by atoms with Gasteiger partial charge < -0.3 is 11.1 Å². The molecule has 0 saturated heterocycles. The Morgan fingerprint density at radius 3 is 2.90 bits per heavy atom. The number of nitrogens with two attached hydrogens (primary N) is 1. The van der Waals surface area contributed by atoms with Crippen LogP contribution in [0.2, 0.25) is 0 Å². The van der Waals surface area contributed by atoms with Crippen molar-refractivity contribution in [1.29, 1.82) is 0 Å². The largest absolute Gasteiger partial charge is 0.399 e. The Morgan fingerprint density at radius 1 is 1.10 bits per heavy atom. The van der Waals surface area contributed by atoms with Crippen molar-refractivity contribution in [2.75, 3.05) is 17.6 Å². The van der Waals surface area contributed by atoms with Gasteiger partial charge in [-0.25, -0.2) is 4.98 Å². The van der Waals surface area contributed by atoms with Gasteiger partial charge in [0.25, 0.3) is 0 Å². The quantitative estimate of drug-likeness (QED) is 0.718. The van der Waals surface area contributed by atoms with Crippen molar-refractivity contribution in [3.8, 4) is 0 Å². The summed E-state index contributed by atoms with van der Waals surface area (Å²) in [4.78, 5) is 4.64. The molecule has 1 aromatic heterocycles. The van der Waals surface area contributed by atoms with E-state index < -0.39 is 0 Å². The summed E-state index contributed by atoms with van der Waals surface area (Å²) in [6.07, 6.45) is 1.16. The van der Waals surface area contributed by atoms with Gasteiger partial charge in [0.2, 0.25) is 0 Å². The maximum Gasteiger partial charge on any atom is 0.126 e. The first-order chi connectivity index (χ1) is 10.3. The smallest absolute Gasteiger partial charge is 0.126 e. The number of rotatable bonds is 3. The Morgan fingerprint density at radius 2 is 2.00 bits per heavy atom. The van der Waals surface area contributed by atoms with Gasteiger partial charge in [-0.15, -0.1) is 0 Å². The fourth-order valence-electron chi connectivity index (χ4n) is 3.02. The number of benzene rings is 2. The molecule has 2 aromatic carbocycles. The molecule has 0 saturated carbocycles. The van der Waals surface area contributed by atoms with Crippen LogP contribution in [-0.4, -0.2) is 11.5 Å². The summed E-state index contributed by atoms with van der Waals surface area (Å²) in [5.74, 6) is 1.53. The van der Waals surface area contributed by atoms with E-state index in [0.29, 0.717) is 5.92 Å². The molecule has 0 bridgehead atoms. The molecule has 104 valence electrons. The van der Waals surface area contributed by atoms with Crippen molar-refractivity contribution in [1.82, 2.24) is 4.98 Å². The molecule has 0 fully saturated rings. The maximum atomic E-state index is 5.79. The Labute approximate surface area is 123 Å². The highest BCUT2D eigenvalue weighted by Crippen LogP contribution is 2.34. The monoisotopic (exact) mass is 275 g/mol. The van der Waals surface area contributed by atoms with Gasteiger partial charge in [0.15, 0.2) is 0 Å². The van der Waals surface area contributed by atoms with Gasteiger partial charge in [-0.05, 0) is 47.9 Å². The molecular weight excluding hydrogens is 258 g/mol. The molecule has 3 heteroatoms. The lowest BCUT2D eigenvalue weighted by atomic mass is 9.77. The average molecular weight is 275 g/mol. The zero-order valence-electron chi connectivity index (χ0n) is 11.7. The van der Waals surface area contributed by atoms with Gasteiger partial charge in [0.05, 0.1) is 5.52 Å². The predicted molar refractivity (Wildman–Crippen MR) is 87.5 cm³/mol. The summed E-state index contributed by atoms with van der Waals surface area (Å²) in [5.41, 5.74) is 10.5. The third kappa shape index (κ3) is 2.21. The molecule has 3 aromatic rings. The molecule has 1 heterocycles. The summed E-state index contributed by atoms with van der Waals surface area (Å²) >= 11 is 0. The van der Waals surface area contributed by atoms with Crippen molar-refractivity contribution in [2.45, 2.75) is 12.3 Å². The minimum absolute atomic E-state index is 0.602. The number of hydrogen-bond acceptors (Lipinski definition) is 3. The zero-order chi connectivity index (χ0) is 14.2. The lowest BCUT2D eigenvalue weighted by molar-refractivity contribution is 0.635. The number of anilines is 2. The van der Waals surface area contributed by atoms with E-state index in [9.17, 15) is 0 Å². The second-order valence-corrected chi connectivity index (χ2v) is 5.63. The highest BCUT2D eigenvalue weighted by atomic mass is 15.0. The number of fused-ring (bicyclic) bond motifs is 2. The first kappa shape index (κ1) is 12.2. The Balaban J connectivity index is 1.50. The lowest BCUT2D eigenvalue weighted by Gasteiger charge is -2.30. The van der Waals surface area contributed by atoms with Crippen LogP contribution in [0.1, 0.15) is 17.0 Å². The van der Waals surface area contributed by atoms with Crippen molar-refractivity contribution in [2.24, 2.45) is 0 Å². The minimum atomic E-state index is 0.602. The number of pyridine rings is 1. The highest BCUT2D eigenvalue weighted by Gasteiger charge is 2.24. The van der Waals surface area contributed by atoms with E-state index in [1.807, 2.05) is 24.3 Å². The number of hydrogen-bond donors (Lipinski definition) is 2. The van der Waals surface area contributed by atoms with Crippen LogP contribution in [0.25, 0.3) is 10.9 Å². The third-order valence-electron chi connectivity index (χ3n) is 4.20. The van der Waals surface area contributed by atoms with Crippen LogP contribution in [0.5, 0.6) is 0 Å². The number of nitrogen functional groups attached to an aromatic ring is 1. The number of nitrogens with zero attached hydrogens (tertiary/aromatic N) is 1. The van der Waals surface area contributed by atoms with Gasteiger partial charge in [-0.2, -0.15) is 0 Å². The lowest BCUT2D eigenvalue weighted by Crippen LogP contribution is -2.24. The van der Waals surface area contributed by atoms with Crippen LogP contribution in [0, 0.1) is 0 Å². The summed E-state index contributed by atoms with van der Waals surface area (Å²) in [6, 6.07) is 18.6. The molecular formula is C18H17N3. The first-order valence-corrected chi connectivity index (χ1v) is 7.27. The van der Waals surface area contributed by atoms with Gasteiger partial charge in [-0.3, -0.25) is 0 Å². The number of nitrogens with one attached hydrogen (secondary N) is 1. The molecule has 3 nitrogen and oxygen atoms in total. The van der Waals surface area contributed by atoms with Gasteiger partial charge >= 0.3 is 0 Å². The minimum Gasteiger partial charge on any atom is -0.399 e. The van der Waals surface area contributed by atoms with Crippen molar-refractivity contribution in [3.05, 3.63) is 65.7 Å². The van der Waals surface area contributed by atoms with Crippen LogP contribution in [0.4, 0.5) is 11.5 Å². The SMILES string of the molecule is Nc1ccc2nc(NCC3Cc4ccccc43)ccc2c1. The summed E-state index contributed by atoms with van der Waals surface area (Å²) in [7, 11) is 0. The molecule has 1 atom stereocenters. The Bertz CT molecular complexity index is 810. The zero-order valence-corrected chi connectivity index (χ0v) is 11.7. The van der Waals surface area contributed by atoms with E-state index in [4.69, 9.17) is 5.73 Å². The van der Waals surface area contributed by atoms with E-state index in [1.54, 1.807) is 0 Å². The second-order valence-electron chi connectivity index (χ2n) is 5.63. The molecule has 1 aliphatic carbocycles. The molecule has 0 spiro atoms. The molecule has 4 rings (SSSR count). The average Bonchev–Trinajstić information content (AvgIpc) is 2.48. The fraction of sp³-hybridized carbons (Fsp3) is 0.167. The molecule has 0 amide bonds. The van der Waals surface area contributed by atoms with Gasteiger partial charge in [-0.1, -0.05) is 24.3 Å². The topological polar surface area (TPSA) is 50.9 Å². The fourth-order valence-corrected chi connectivity index (χ4v) is 3.02. The van der Waals surface area contributed by atoms with Gasteiger partial charge in [0.1, 0.15) is 5.82 Å². The predicted octanol–water partition coefficient (Wildman–Crippen LogP) is 3.57. The van der Waals surface area contributed by atoms with Crippen molar-refractivity contribution >= 4 is 22.4 Å². The maximum absolute atomic E-state index is 5.79. The molecule has 0 aliphatic heterocycles. The van der Waals surface area contributed by atoms with Gasteiger partial charge in [0, 0.05) is 23.5 Å². The standard InChI is InChI=1S/C18H17N3/c19-15-6-7-17-13(10-15)5-8-18(21-17)20-11-14-9-12-3-1-2-4-16(12)14/h1-8,10,14H,9,11,19H2,(H,20,21). The Hall–Kier alpha value is -2.55. The van der Waals surface area contributed by atoms with E-state index in [-0.39, 0.29) is 0 Å². The van der Waals surface area contributed by atoms with Crippen molar-refractivity contribution < 1.29 is 0 Å². The van der Waals surface area contributed by atoms with Crippen LogP contribution in [0.15, 0.2) is 54.6 Å². The third-order valence-corrected chi connectivity index (χ3v) is 4.20. The number of aromatic nitrogens is 1. The molecule has 0 radical (unpaired) electrons. The summed E-state index contributed by atoms with van der Waals surface area (Å²) < 4.78 is 0. The molecule has 1 aliphatic rings. The molecule has 1 unspecified atom stereocenters. The second kappa shape index (κ2) is 4.77. The summed E-state index contributed by atoms with van der Waals surface area (Å²) in [6.45, 7) is 0.935. The van der Waals surface area contributed by atoms with E-state index in [1.165, 1.54) is 11.1 Å². The Kier molecular flexibility index (Phi) is 2.78. The van der Waals surface area contributed by atoms with Crippen molar-refractivity contribution in [3.63, 3.8) is 0 Å². The first-order valence-electron chi connectivity index (χ1n) is 7.27. The van der Waals surface area contributed by atoms with Crippen LogP contribution in [0.3, 0.4) is 0 Å². The highest BCUT2D eigenvalue weighted by molar-refractivity contribution is 5.83. The van der Waals surface area contributed by atoms with E-state index in [2.05, 4.69) is 40.6 Å². The van der Waals surface area contributed by atoms with Crippen LogP contribution >= 0.6 is 0 Å².